The Kier molecular flexibility index (Phi) is 5.13. The predicted octanol–water partition coefficient (Wildman–Crippen LogP) is 11.1. The minimum atomic E-state index is -0.112. The van der Waals surface area contributed by atoms with Gasteiger partial charge in [-0.15, -0.1) is 22.7 Å². The van der Waals surface area contributed by atoms with E-state index >= 15 is 0 Å². The molecule has 0 amide bonds. The zero-order valence-electron chi connectivity index (χ0n) is 25.1. The quantitative estimate of drug-likeness (QED) is 0.200. The van der Waals surface area contributed by atoms with Crippen LogP contribution in [0, 0.1) is 6.92 Å². The van der Waals surface area contributed by atoms with Crippen molar-refractivity contribution in [3.8, 4) is 21.7 Å². The van der Waals surface area contributed by atoms with Crippen LogP contribution in [0.1, 0.15) is 73.4 Å². The molecule has 3 aliphatic rings. The number of hydrogen-bond donors (Lipinski definition) is 0. The molecule has 2 aromatic heterocycles. The standard InChI is InChI=1S/C39H32N2S2/c1-21-18-23(37-41-30-11-7-9-13-32(30)43-37)20-28-33(21)26-17-16-25-24-15-14-22(36-40-29-10-6-8-12-31(29)42-36)19-27(24)38(2,3)34(25)35(26)39(28,4)5/h6-13,16-20H,14-15H2,1-5H3. The van der Waals surface area contributed by atoms with Crippen LogP contribution in [0.3, 0.4) is 0 Å². The van der Waals surface area contributed by atoms with Crippen LogP contribution in [-0.4, -0.2) is 9.97 Å². The van der Waals surface area contributed by atoms with Crippen LogP contribution in [0.15, 0.2) is 84.4 Å². The van der Waals surface area contributed by atoms with Crippen LogP contribution < -0.4 is 0 Å². The molecular formula is C39H32N2S2. The average Bonchev–Trinajstić information content (AvgIpc) is 3.73. The summed E-state index contributed by atoms with van der Waals surface area (Å²) in [5.74, 6) is 0. The van der Waals surface area contributed by atoms with Gasteiger partial charge in [0.05, 0.1) is 20.4 Å². The molecule has 0 saturated carbocycles. The Labute approximate surface area is 260 Å². The third kappa shape index (κ3) is 3.45. The maximum Gasteiger partial charge on any atom is 0.124 e. The van der Waals surface area contributed by atoms with Crippen molar-refractivity contribution in [2.45, 2.75) is 58.3 Å². The van der Waals surface area contributed by atoms with Gasteiger partial charge in [-0.1, -0.05) is 70.2 Å². The fraction of sp³-hybridized carbons (Fsp3) is 0.231. The van der Waals surface area contributed by atoms with Crippen molar-refractivity contribution in [1.29, 1.82) is 0 Å². The summed E-state index contributed by atoms with van der Waals surface area (Å²) >= 11 is 3.62. The summed E-state index contributed by atoms with van der Waals surface area (Å²) in [6, 6.07) is 26.6. The molecule has 0 unspecified atom stereocenters. The molecule has 4 aromatic carbocycles. The molecule has 3 aliphatic carbocycles. The molecule has 0 fully saturated rings. The molecule has 43 heavy (non-hydrogen) atoms. The van der Waals surface area contributed by atoms with Crippen molar-refractivity contribution in [3.05, 3.63) is 117 Å². The van der Waals surface area contributed by atoms with Gasteiger partial charge in [0, 0.05) is 16.4 Å². The van der Waals surface area contributed by atoms with Gasteiger partial charge in [0.2, 0.25) is 0 Å². The number of fused-ring (bicyclic) bond motifs is 8. The SMILES string of the molecule is Cc1cc(-c2nc3ccccc3s2)cc2c1-c1ccc3c(c1C2(C)C)C(C)(C)C1=C3CCC(c2nc3ccccc3s2)=C1. The van der Waals surface area contributed by atoms with E-state index in [4.69, 9.17) is 9.97 Å². The highest BCUT2D eigenvalue weighted by molar-refractivity contribution is 7.21. The first kappa shape index (κ1) is 25.6. The number of hydrogen-bond acceptors (Lipinski definition) is 4. The molecule has 0 spiro atoms. The van der Waals surface area contributed by atoms with Crippen LogP contribution in [0.2, 0.25) is 0 Å². The Morgan fingerprint density at radius 3 is 2.02 bits per heavy atom. The van der Waals surface area contributed by atoms with Crippen LogP contribution in [-0.2, 0) is 10.8 Å². The summed E-state index contributed by atoms with van der Waals surface area (Å²) in [7, 11) is 0. The van der Waals surface area contributed by atoms with Gasteiger partial charge in [0.15, 0.2) is 0 Å². The Balaban J connectivity index is 1.18. The van der Waals surface area contributed by atoms with Crippen molar-refractivity contribution in [1.82, 2.24) is 9.97 Å². The third-order valence-electron chi connectivity index (χ3n) is 10.1. The van der Waals surface area contributed by atoms with Gasteiger partial charge in [-0.3, -0.25) is 0 Å². The van der Waals surface area contributed by atoms with Crippen LogP contribution in [0.25, 0.3) is 53.3 Å². The van der Waals surface area contributed by atoms with Crippen molar-refractivity contribution >= 4 is 54.3 Å². The molecule has 9 rings (SSSR count). The number of allylic oxidation sites excluding steroid dienone is 4. The van der Waals surface area contributed by atoms with Gasteiger partial charge in [-0.25, -0.2) is 9.97 Å². The highest BCUT2D eigenvalue weighted by Crippen LogP contribution is 2.60. The molecule has 0 bridgehead atoms. The fourth-order valence-electron chi connectivity index (χ4n) is 8.13. The van der Waals surface area contributed by atoms with E-state index < -0.39 is 0 Å². The van der Waals surface area contributed by atoms with Gasteiger partial charge in [0.1, 0.15) is 10.0 Å². The second kappa shape index (κ2) is 8.62. The summed E-state index contributed by atoms with van der Waals surface area (Å²) in [5, 5.41) is 2.28. The number of benzene rings is 4. The molecule has 2 nitrogen and oxygen atoms in total. The molecule has 0 saturated heterocycles. The topological polar surface area (TPSA) is 25.8 Å². The minimum absolute atomic E-state index is 0.0819. The Morgan fingerprint density at radius 2 is 1.30 bits per heavy atom. The first-order valence-corrected chi connectivity index (χ1v) is 16.8. The Morgan fingerprint density at radius 1 is 0.674 bits per heavy atom. The van der Waals surface area contributed by atoms with E-state index in [0.717, 1.165) is 28.9 Å². The van der Waals surface area contributed by atoms with E-state index in [1.165, 1.54) is 75.6 Å². The van der Waals surface area contributed by atoms with Gasteiger partial charge in [-0.2, -0.15) is 0 Å². The molecule has 2 heterocycles. The number of para-hydroxylation sites is 2. The van der Waals surface area contributed by atoms with E-state index in [2.05, 4.69) is 113 Å². The first-order chi connectivity index (χ1) is 20.7. The summed E-state index contributed by atoms with van der Waals surface area (Å²) in [4.78, 5) is 10.1. The smallest absolute Gasteiger partial charge is 0.124 e. The van der Waals surface area contributed by atoms with E-state index in [-0.39, 0.29) is 10.8 Å². The fourth-order valence-corrected chi connectivity index (χ4v) is 10.1. The molecule has 0 N–H and O–H groups in total. The first-order valence-electron chi connectivity index (χ1n) is 15.2. The molecule has 0 aliphatic heterocycles. The van der Waals surface area contributed by atoms with Gasteiger partial charge in [-0.05, 0) is 112 Å². The summed E-state index contributed by atoms with van der Waals surface area (Å²) < 4.78 is 2.51. The lowest BCUT2D eigenvalue weighted by atomic mass is 9.71. The third-order valence-corrected chi connectivity index (χ3v) is 12.3. The molecule has 0 atom stereocenters. The minimum Gasteiger partial charge on any atom is -0.236 e. The second-order valence-corrected chi connectivity index (χ2v) is 15.5. The maximum atomic E-state index is 5.04. The summed E-state index contributed by atoms with van der Waals surface area (Å²) in [5.41, 5.74) is 17.7. The van der Waals surface area contributed by atoms with Gasteiger partial charge >= 0.3 is 0 Å². The lowest BCUT2D eigenvalue weighted by Crippen LogP contribution is -2.25. The van der Waals surface area contributed by atoms with Crippen molar-refractivity contribution in [3.63, 3.8) is 0 Å². The van der Waals surface area contributed by atoms with E-state index in [9.17, 15) is 0 Å². The highest BCUT2D eigenvalue weighted by Gasteiger charge is 2.47. The van der Waals surface area contributed by atoms with Crippen LogP contribution in [0.5, 0.6) is 0 Å². The molecular weight excluding hydrogens is 561 g/mol. The predicted molar refractivity (Wildman–Crippen MR) is 184 cm³/mol. The zero-order chi connectivity index (χ0) is 29.2. The number of rotatable bonds is 2. The van der Waals surface area contributed by atoms with Crippen molar-refractivity contribution in [2.24, 2.45) is 0 Å². The molecule has 6 aromatic rings. The van der Waals surface area contributed by atoms with Crippen molar-refractivity contribution < 1.29 is 0 Å². The lowest BCUT2D eigenvalue weighted by Gasteiger charge is -2.32. The Bertz CT molecular complexity index is 2190. The number of thiazole rings is 2. The lowest BCUT2D eigenvalue weighted by molar-refractivity contribution is 0.596. The number of aromatic nitrogens is 2. The van der Waals surface area contributed by atoms with Crippen LogP contribution in [0.4, 0.5) is 0 Å². The molecule has 0 radical (unpaired) electrons. The van der Waals surface area contributed by atoms with Crippen molar-refractivity contribution in [2.75, 3.05) is 0 Å². The number of nitrogens with zero attached hydrogens (tertiary/aromatic N) is 2. The van der Waals surface area contributed by atoms with E-state index in [1.807, 2.05) is 11.3 Å². The van der Waals surface area contributed by atoms with E-state index in [0.29, 0.717) is 0 Å². The summed E-state index contributed by atoms with van der Waals surface area (Å²) in [6.45, 7) is 12.1. The average molecular weight is 593 g/mol. The number of aryl methyl sites for hydroxylation is 1. The van der Waals surface area contributed by atoms with Crippen LogP contribution >= 0.6 is 22.7 Å². The second-order valence-electron chi connectivity index (χ2n) is 13.4. The zero-order valence-corrected chi connectivity index (χ0v) is 26.8. The maximum absolute atomic E-state index is 5.04. The molecule has 4 heteroatoms. The molecule has 210 valence electrons. The van der Waals surface area contributed by atoms with Gasteiger partial charge < -0.3 is 0 Å². The normalized spacial score (nSPS) is 17.7. The Hall–Kier alpha value is -3.86. The monoisotopic (exact) mass is 592 g/mol. The highest BCUT2D eigenvalue weighted by atomic mass is 32.1. The summed E-state index contributed by atoms with van der Waals surface area (Å²) in [6.07, 6.45) is 4.61. The largest absolute Gasteiger partial charge is 0.236 e. The van der Waals surface area contributed by atoms with E-state index in [1.54, 1.807) is 11.3 Å². The van der Waals surface area contributed by atoms with Gasteiger partial charge in [0.25, 0.3) is 0 Å².